The maximum atomic E-state index is 12.8. The van der Waals surface area contributed by atoms with Gasteiger partial charge in [-0.3, -0.25) is 14.2 Å². The summed E-state index contributed by atoms with van der Waals surface area (Å²) in [5.74, 6) is -0.858. The molecule has 0 amide bonds. The summed E-state index contributed by atoms with van der Waals surface area (Å²) in [5.41, 5.74) is 0. The van der Waals surface area contributed by atoms with Crippen molar-refractivity contribution in [1.29, 1.82) is 0 Å². The molecule has 0 aromatic rings. The normalized spacial score (nSPS) is 14.1. The van der Waals surface area contributed by atoms with Crippen LogP contribution in [0.4, 0.5) is 0 Å². The van der Waals surface area contributed by atoms with Gasteiger partial charge < -0.3 is 27.9 Å². The minimum Gasteiger partial charge on any atom is -0.756 e. The highest BCUT2D eigenvalue weighted by Gasteiger charge is 2.22. The van der Waals surface area contributed by atoms with Gasteiger partial charge in [0.2, 0.25) is 0 Å². The number of quaternary nitrogens is 1. The Morgan fingerprint density at radius 2 is 0.659 bits per heavy atom. The lowest BCUT2D eigenvalue weighted by molar-refractivity contribution is -0.870. The zero-order valence-corrected chi connectivity index (χ0v) is 54.0. The van der Waals surface area contributed by atoms with Crippen LogP contribution < -0.4 is 4.89 Å². The van der Waals surface area contributed by atoms with E-state index in [1.807, 2.05) is 21.1 Å². The molecular weight excluding hydrogens is 1040 g/mol. The molecule has 0 bridgehead atoms. The van der Waals surface area contributed by atoms with Crippen LogP contribution in [-0.4, -0.2) is 70.0 Å². The monoisotopic (exact) mass is 1160 g/mol. The molecule has 0 aromatic heterocycles. The lowest BCUT2D eigenvalue weighted by atomic mass is 10.0. The number of esters is 2. The van der Waals surface area contributed by atoms with Crippen LogP contribution in [0.1, 0.15) is 258 Å². The molecule has 10 heteroatoms. The molecular formula is C72H122NO8P. The third-order valence-electron chi connectivity index (χ3n) is 13.7. The minimum atomic E-state index is -4.65. The summed E-state index contributed by atoms with van der Waals surface area (Å²) in [7, 11) is 1.14. The van der Waals surface area contributed by atoms with Gasteiger partial charge in [-0.25, -0.2) is 0 Å². The zero-order chi connectivity index (χ0) is 59.8. The Bertz CT molecular complexity index is 1850. The average Bonchev–Trinajstić information content (AvgIpc) is 3.46. The molecule has 0 fully saturated rings. The quantitative estimate of drug-likeness (QED) is 0.0195. The van der Waals surface area contributed by atoms with E-state index in [1.165, 1.54) is 103 Å². The topological polar surface area (TPSA) is 111 Å². The number of carbonyl (C=O) groups excluding carboxylic acids is 2. The highest BCUT2D eigenvalue weighted by Crippen LogP contribution is 2.38. The summed E-state index contributed by atoms with van der Waals surface area (Å²) in [5, 5.41) is 0. The Morgan fingerprint density at radius 3 is 0.976 bits per heavy atom. The molecule has 468 valence electrons. The van der Waals surface area contributed by atoms with Crippen LogP contribution in [0.25, 0.3) is 0 Å². The van der Waals surface area contributed by atoms with Gasteiger partial charge in [0, 0.05) is 12.8 Å². The fraction of sp³-hybridized carbons (Fsp3) is 0.667. The number of nitrogens with zero attached hydrogens (tertiary/aromatic N) is 1. The number of rotatable bonds is 59. The minimum absolute atomic E-state index is 0.0410. The predicted molar refractivity (Wildman–Crippen MR) is 351 cm³/mol. The molecule has 0 saturated carbocycles. The van der Waals surface area contributed by atoms with Crippen LogP contribution in [0.2, 0.25) is 0 Å². The van der Waals surface area contributed by atoms with Gasteiger partial charge in [-0.2, -0.15) is 0 Å². The van der Waals surface area contributed by atoms with Gasteiger partial charge in [0.25, 0.3) is 7.82 Å². The van der Waals surface area contributed by atoms with E-state index < -0.39 is 32.5 Å². The number of carbonyl (C=O) groups is 2. The van der Waals surface area contributed by atoms with Gasteiger partial charge in [-0.05, 0) is 109 Å². The fourth-order valence-corrected chi connectivity index (χ4v) is 9.42. The molecule has 0 rings (SSSR count). The summed E-state index contributed by atoms with van der Waals surface area (Å²) in [6, 6.07) is 0. The number of allylic oxidation sites excluding steroid dienone is 22. The summed E-state index contributed by atoms with van der Waals surface area (Å²) >= 11 is 0. The first-order valence-electron chi connectivity index (χ1n) is 32.9. The molecule has 0 spiro atoms. The van der Waals surface area contributed by atoms with Crippen molar-refractivity contribution in [3.05, 3.63) is 134 Å². The third kappa shape index (κ3) is 65.3. The Hall–Kier alpha value is -3.85. The number of phosphoric acid groups is 1. The van der Waals surface area contributed by atoms with Crippen molar-refractivity contribution in [2.24, 2.45) is 0 Å². The Labute approximate surface area is 504 Å². The largest absolute Gasteiger partial charge is 0.756 e. The molecule has 2 unspecified atom stereocenters. The highest BCUT2D eigenvalue weighted by molar-refractivity contribution is 7.45. The molecule has 0 heterocycles. The molecule has 0 saturated heterocycles. The van der Waals surface area contributed by atoms with Crippen LogP contribution >= 0.6 is 7.82 Å². The van der Waals surface area contributed by atoms with Crippen LogP contribution in [-0.2, 0) is 32.7 Å². The second-order valence-corrected chi connectivity index (χ2v) is 24.1. The lowest BCUT2D eigenvalue weighted by Crippen LogP contribution is -2.37. The van der Waals surface area contributed by atoms with Crippen LogP contribution in [0, 0.1) is 0 Å². The Balaban J connectivity index is 4.14. The number of hydrogen-bond acceptors (Lipinski definition) is 8. The standard InChI is InChI=1S/C72H122NO8P/c1-6-8-10-12-14-16-18-20-22-24-26-28-30-32-34-35-36-37-39-40-42-44-46-48-50-52-54-56-58-60-62-64-71(74)78-68-70(69-80-82(76,77)79-67-66-73(3,4)5)81-72(75)65-63-61-59-57-55-53-51-49-47-45-43-41-38-33-31-29-27-25-23-21-19-17-15-13-11-9-7-2/h8-11,14-17,20-23,26-29,33,38,43,45,49,51,70H,6-7,12-13,18-19,24-25,30-32,34-37,39-42,44,46-48,50,52-69H2,1-5H3/b10-8-,11-9-,16-14-,17-15-,22-20-,23-21-,28-26-,29-27-,38-33-,45-43-,51-49-. The molecule has 0 aliphatic heterocycles. The molecule has 0 radical (unpaired) electrons. The van der Waals surface area contributed by atoms with E-state index >= 15 is 0 Å². The van der Waals surface area contributed by atoms with E-state index in [9.17, 15) is 19.0 Å². The first-order chi connectivity index (χ1) is 40.0. The number of ether oxygens (including phenoxy) is 2. The summed E-state index contributed by atoms with van der Waals surface area (Å²) in [6.45, 7) is 3.99. The smallest absolute Gasteiger partial charge is 0.306 e. The number of phosphoric ester groups is 1. The Morgan fingerprint density at radius 1 is 0.378 bits per heavy atom. The SMILES string of the molecule is CC/C=C\C/C=C\C/C=C\C/C=C\C/C=C\C/C=C\C/C=C\CCCCCCCC(=O)OC(COC(=O)CCCCCCCCCCCCCCCCCCCC/C=C\C/C=C\C/C=C\C/C=C\CC)COP(=O)([O-])OCC[N+](C)(C)C. The summed E-state index contributed by atoms with van der Waals surface area (Å²) in [4.78, 5) is 38.0. The molecule has 0 aromatic carbocycles. The molecule has 0 aliphatic rings. The zero-order valence-electron chi connectivity index (χ0n) is 53.1. The van der Waals surface area contributed by atoms with Crippen LogP contribution in [0.3, 0.4) is 0 Å². The molecule has 0 N–H and O–H groups in total. The van der Waals surface area contributed by atoms with Gasteiger partial charge in [0.1, 0.15) is 19.8 Å². The first-order valence-corrected chi connectivity index (χ1v) is 34.4. The maximum Gasteiger partial charge on any atom is 0.306 e. The van der Waals surface area contributed by atoms with Crippen molar-refractivity contribution < 1.29 is 42.1 Å². The lowest BCUT2D eigenvalue weighted by Gasteiger charge is -2.28. The van der Waals surface area contributed by atoms with Gasteiger partial charge in [0.05, 0.1) is 27.7 Å². The third-order valence-corrected chi connectivity index (χ3v) is 14.6. The van der Waals surface area contributed by atoms with Crippen molar-refractivity contribution >= 4 is 19.8 Å². The highest BCUT2D eigenvalue weighted by atomic mass is 31.2. The molecule has 2 atom stereocenters. The van der Waals surface area contributed by atoms with E-state index in [0.29, 0.717) is 17.4 Å². The van der Waals surface area contributed by atoms with Crippen molar-refractivity contribution in [1.82, 2.24) is 0 Å². The number of hydrogen-bond donors (Lipinski definition) is 0. The van der Waals surface area contributed by atoms with Crippen molar-refractivity contribution in [3.8, 4) is 0 Å². The van der Waals surface area contributed by atoms with E-state index in [-0.39, 0.29) is 26.1 Å². The molecule has 82 heavy (non-hydrogen) atoms. The maximum absolute atomic E-state index is 12.8. The van der Waals surface area contributed by atoms with Gasteiger partial charge in [-0.1, -0.05) is 270 Å². The van der Waals surface area contributed by atoms with Crippen molar-refractivity contribution in [2.45, 2.75) is 264 Å². The second-order valence-electron chi connectivity index (χ2n) is 22.7. The van der Waals surface area contributed by atoms with E-state index in [2.05, 4.69) is 148 Å². The van der Waals surface area contributed by atoms with E-state index in [1.54, 1.807) is 0 Å². The van der Waals surface area contributed by atoms with E-state index in [0.717, 1.165) is 122 Å². The van der Waals surface area contributed by atoms with Crippen molar-refractivity contribution in [2.75, 3.05) is 47.5 Å². The van der Waals surface area contributed by atoms with Gasteiger partial charge in [0.15, 0.2) is 6.10 Å². The summed E-state index contributed by atoms with van der Waals surface area (Å²) in [6.07, 6.45) is 89.4. The van der Waals surface area contributed by atoms with Gasteiger partial charge in [-0.15, -0.1) is 0 Å². The van der Waals surface area contributed by atoms with Crippen LogP contribution in [0.15, 0.2) is 134 Å². The second kappa shape index (κ2) is 61.7. The number of likely N-dealkylation sites (N-methyl/N-ethyl adjacent to an activating group) is 1. The van der Waals surface area contributed by atoms with Crippen LogP contribution in [0.5, 0.6) is 0 Å². The molecule has 0 aliphatic carbocycles. The average molecular weight is 1160 g/mol. The van der Waals surface area contributed by atoms with Crippen molar-refractivity contribution in [3.63, 3.8) is 0 Å². The fourth-order valence-electron chi connectivity index (χ4n) is 8.69. The van der Waals surface area contributed by atoms with E-state index in [4.69, 9.17) is 18.5 Å². The predicted octanol–water partition coefficient (Wildman–Crippen LogP) is 20.6. The summed E-state index contributed by atoms with van der Waals surface area (Å²) < 4.78 is 34.2. The Kier molecular flexibility index (Phi) is 58.8. The number of unbranched alkanes of at least 4 members (excludes halogenated alkanes) is 23. The van der Waals surface area contributed by atoms with Gasteiger partial charge >= 0.3 is 11.9 Å². The first kappa shape index (κ1) is 78.1. The molecule has 9 nitrogen and oxygen atoms in total.